The van der Waals surface area contributed by atoms with Crippen molar-refractivity contribution >= 4 is 5.97 Å². The van der Waals surface area contributed by atoms with Gasteiger partial charge in [0.1, 0.15) is 6.17 Å². The summed E-state index contributed by atoms with van der Waals surface area (Å²) in [7, 11) is 0. The predicted molar refractivity (Wildman–Crippen MR) is 60.5 cm³/mol. The van der Waals surface area contributed by atoms with Gasteiger partial charge in [0.05, 0.1) is 23.7 Å². The monoisotopic (exact) mass is 290 g/mol. The van der Waals surface area contributed by atoms with Crippen molar-refractivity contribution in [2.24, 2.45) is 0 Å². The second-order valence-electron chi connectivity index (χ2n) is 3.91. The van der Waals surface area contributed by atoms with Crippen molar-refractivity contribution in [3.05, 3.63) is 34.9 Å². The standard InChI is InChI=1S/C12H10F4N2O2/c13-10(5-18-6-11(19)20)7-1-2-8(4-17)9(3-7)12(14,15)16/h1-3,10,18H,5-6H2,(H,19,20). The van der Waals surface area contributed by atoms with Crippen LogP contribution in [-0.4, -0.2) is 24.2 Å². The van der Waals surface area contributed by atoms with Crippen LogP contribution in [0.3, 0.4) is 0 Å². The maximum Gasteiger partial charge on any atom is 0.417 e. The van der Waals surface area contributed by atoms with Gasteiger partial charge in [0, 0.05) is 6.54 Å². The second kappa shape index (κ2) is 6.34. The topological polar surface area (TPSA) is 73.1 Å². The summed E-state index contributed by atoms with van der Waals surface area (Å²) in [5.41, 5.74) is -2.07. The Labute approximate surface area is 111 Å². The Morgan fingerprint density at radius 3 is 2.60 bits per heavy atom. The van der Waals surface area contributed by atoms with Crippen LogP contribution in [0.1, 0.15) is 22.9 Å². The molecule has 0 fully saturated rings. The molecule has 0 bridgehead atoms. The number of hydrogen-bond acceptors (Lipinski definition) is 3. The molecular formula is C12H10F4N2O2. The molecule has 0 saturated carbocycles. The maximum atomic E-state index is 13.7. The minimum absolute atomic E-state index is 0.269. The second-order valence-corrected chi connectivity index (χ2v) is 3.91. The number of nitrogens with zero attached hydrogens (tertiary/aromatic N) is 1. The number of carbonyl (C=O) groups is 1. The van der Waals surface area contributed by atoms with Gasteiger partial charge in [0.25, 0.3) is 0 Å². The van der Waals surface area contributed by atoms with Crippen LogP contribution in [-0.2, 0) is 11.0 Å². The largest absolute Gasteiger partial charge is 0.480 e. The molecular weight excluding hydrogens is 280 g/mol. The molecule has 1 rings (SSSR count). The Hall–Kier alpha value is -2.14. The van der Waals surface area contributed by atoms with Gasteiger partial charge in [-0.15, -0.1) is 0 Å². The molecule has 0 saturated heterocycles. The molecule has 0 aliphatic rings. The van der Waals surface area contributed by atoms with E-state index in [1.807, 2.05) is 0 Å². The quantitative estimate of drug-likeness (QED) is 0.816. The van der Waals surface area contributed by atoms with Crippen LogP contribution in [0.4, 0.5) is 17.6 Å². The van der Waals surface area contributed by atoms with Gasteiger partial charge in [-0.1, -0.05) is 6.07 Å². The molecule has 0 spiro atoms. The van der Waals surface area contributed by atoms with Crippen LogP contribution in [0.5, 0.6) is 0 Å². The summed E-state index contributed by atoms with van der Waals surface area (Å²) in [4.78, 5) is 10.2. The number of hydrogen-bond donors (Lipinski definition) is 2. The Balaban J connectivity index is 2.92. The first-order valence-corrected chi connectivity index (χ1v) is 5.43. The molecule has 0 heterocycles. The number of nitrogens with one attached hydrogen (secondary N) is 1. The summed E-state index contributed by atoms with van der Waals surface area (Å²) in [6, 6.07) is 3.91. The Morgan fingerprint density at radius 2 is 2.10 bits per heavy atom. The first-order valence-electron chi connectivity index (χ1n) is 5.43. The SMILES string of the molecule is N#Cc1ccc(C(F)CNCC(=O)O)cc1C(F)(F)F. The van der Waals surface area contributed by atoms with E-state index in [1.165, 1.54) is 6.07 Å². The molecule has 8 heteroatoms. The van der Waals surface area contributed by atoms with E-state index in [2.05, 4.69) is 5.32 Å². The minimum Gasteiger partial charge on any atom is -0.480 e. The third kappa shape index (κ3) is 4.20. The van der Waals surface area contributed by atoms with Crippen LogP contribution in [0.25, 0.3) is 0 Å². The van der Waals surface area contributed by atoms with Gasteiger partial charge in [0.15, 0.2) is 0 Å². The molecule has 108 valence electrons. The molecule has 20 heavy (non-hydrogen) atoms. The molecule has 1 atom stereocenters. The number of benzene rings is 1. The first-order chi connectivity index (χ1) is 9.25. The maximum absolute atomic E-state index is 13.7. The van der Waals surface area contributed by atoms with Gasteiger partial charge < -0.3 is 10.4 Å². The molecule has 1 unspecified atom stereocenters. The molecule has 2 N–H and O–H groups in total. The van der Waals surface area contributed by atoms with E-state index in [4.69, 9.17) is 10.4 Å². The molecule has 1 aromatic rings. The van der Waals surface area contributed by atoms with Crippen molar-refractivity contribution in [3.63, 3.8) is 0 Å². The lowest BCUT2D eigenvalue weighted by Gasteiger charge is -2.13. The van der Waals surface area contributed by atoms with Gasteiger partial charge in [-0.3, -0.25) is 4.79 Å². The lowest BCUT2D eigenvalue weighted by atomic mass is 10.0. The lowest BCUT2D eigenvalue weighted by molar-refractivity contribution is -0.138. The first kappa shape index (κ1) is 15.9. The van der Waals surface area contributed by atoms with Crippen LogP contribution >= 0.6 is 0 Å². The zero-order valence-electron chi connectivity index (χ0n) is 10.0. The highest BCUT2D eigenvalue weighted by Crippen LogP contribution is 2.34. The molecule has 0 aromatic heterocycles. The van der Waals surface area contributed by atoms with Crippen LogP contribution < -0.4 is 5.32 Å². The van der Waals surface area contributed by atoms with Gasteiger partial charge in [-0.25, -0.2) is 4.39 Å². The van der Waals surface area contributed by atoms with Crippen molar-refractivity contribution in [3.8, 4) is 6.07 Å². The number of halogens is 4. The number of nitriles is 1. The average Bonchev–Trinajstić information content (AvgIpc) is 2.36. The van der Waals surface area contributed by atoms with Crippen LogP contribution in [0.15, 0.2) is 18.2 Å². The lowest BCUT2D eigenvalue weighted by Crippen LogP contribution is -2.26. The highest BCUT2D eigenvalue weighted by molar-refractivity contribution is 5.69. The van der Waals surface area contributed by atoms with Crippen molar-refractivity contribution < 1.29 is 27.5 Å². The summed E-state index contributed by atoms with van der Waals surface area (Å²) in [6.07, 6.45) is -6.56. The zero-order valence-corrected chi connectivity index (χ0v) is 10.0. The summed E-state index contributed by atoms with van der Waals surface area (Å²) < 4.78 is 51.7. The van der Waals surface area contributed by atoms with E-state index in [0.29, 0.717) is 6.07 Å². The number of carboxylic acids is 1. The summed E-state index contributed by atoms with van der Waals surface area (Å²) in [5.74, 6) is -1.20. The highest BCUT2D eigenvalue weighted by Gasteiger charge is 2.34. The Bertz CT molecular complexity index is 537. The molecule has 4 nitrogen and oxygen atoms in total. The van der Waals surface area contributed by atoms with Crippen LogP contribution in [0, 0.1) is 11.3 Å². The van der Waals surface area contributed by atoms with Crippen molar-refractivity contribution in [1.29, 1.82) is 5.26 Å². The third-order valence-electron chi connectivity index (χ3n) is 2.43. The number of carboxylic acid groups (broad SMARTS) is 1. The van der Waals surface area contributed by atoms with E-state index in [1.54, 1.807) is 0 Å². The van der Waals surface area contributed by atoms with E-state index >= 15 is 0 Å². The fourth-order valence-electron chi connectivity index (χ4n) is 1.51. The zero-order chi connectivity index (χ0) is 15.3. The van der Waals surface area contributed by atoms with E-state index in [0.717, 1.165) is 12.1 Å². The normalized spacial score (nSPS) is 12.8. The third-order valence-corrected chi connectivity index (χ3v) is 2.43. The fraction of sp³-hybridized carbons (Fsp3) is 0.333. The van der Waals surface area contributed by atoms with E-state index < -0.39 is 42.5 Å². The smallest absolute Gasteiger partial charge is 0.417 e. The van der Waals surface area contributed by atoms with Crippen molar-refractivity contribution in [1.82, 2.24) is 5.32 Å². The van der Waals surface area contributed by atoms with E-state index in [9.17, 15) is 22.4 Å². The minimum atomic E-state index is -4.75. The van der Waals surface area contributed by atoms with Crippen molar-refractivity contribution in [2.45, 2.75) is 12.3 Å². The molecule has 1 aromatic carbocycles. The van der Waals surface area contributed by atoms with Gasteiger partial charge in [-0.05, 0) is 17.7 Å². The van der Waals surface area contributed by atoms with Crippen molar-refractivity contribution in [2.75, 3.05) is 13.1 Å². The summed E-state index contributed by atoms with van der Waals surface area (Å²) in [6.45, 7) is -0.932. The molecule has 0 aliphatic heterocycles. The van der Waals surface area contributed by atoms with Gasteiger partial charge in [0.2, 0.25) is 0 Å². The fourth-order valence-corrected chi connectivity index (χ4v) is 1.51. The Kier molecular flexibility index (Phi) is 5.05. The molecule has 0 amide bonds. The highest BCUT2D eigenvalue weighted by atomic mass is 19.4. The molecule has 0 radical (unpaired) electrons. The van der Waals surface area contributed by atoms with E-state index in [-0.39, 0.29) is 5.56 Å². The summed E-state index contributed by atoms with van der Waals surface area (Å²) >= 11 is 0. The predicted octanol–water partition coefficient (Wildman–Crippen LogP) is 2.26. The summed E-state index contributed by atoms with van der Waals surface area (Å²) in [5, 5.41) is 19.2. The van der Waals surface area contributed by atoms with Gasteiger partial charge >= 0.3 is 12.1 Å². The number of rotatable bonds is 5. The van der Waals surface area contributed by atoms with Crippen LogP contribution in [0.2, 0.25) is 0 Å². The number of alkyl halides is 4. The molecule has 0 aliphatic carbocycles. The number of aliphatic carboxylic acids is 1. The average molecular weight is 290 g/mol. The Morgan fingerprint density at radius 1 is 1.45 bits per heavy atom. The van der Waals surface area contributed by atoms with Gasteiger partial charge in [-0.2, -0.15) is 18.4 Å².